The molecule has 0 atom stereocenters. The predicted molar refractivity (Wildman–Crippen MR) is 129 cm³/mol. The molecule has 2 aromatic carbocycles. The lowest BCUT2D eigenvalue weighted by atomic mass is 10.1. The SMILES string of the molecule is O=C(CCCN1C(=O)c2c(Cl)c(Cl)c(Cl)c(Cl)c2C1=O)Nc1ccc(-c2ccccc2)cn1. The van der Waals surface area contributed by atoms with Crippen LogP contribution in [0.5, 0.6) is 0 Å². The van der Waals surface area contributed by atoms with Crippen molar-refractivity contribution in [2.24, 2.45) is 0 Å². The zero-order chi connectivity index (χ0) is 23.7. The van der Waals surface area contributed by atoms with Gasteiger partial charge in [0.15, 0.2) is 0 Å². The minimum atomic E-state index is -0.626. The Hall–Kier alpha value is -2.64. The summed E-state index contributed by atoms with van der Waals surface area (Å²) in [5, 5.41) is 2.29. The summed E-state index contributed by atoms with van der Waals surface area (Å²) < 4.78 is 0. The molecule has 0 fully saturated rings. The summed E-state index contributed by atoms with van der Waals surface area (Å²) in [5.41, 5.74) is 1.80. The van der Waals surface area contributed by atoms with E-state index < -0.39 is 11.8 Å². The maximum Gasteiger partial charge on any atom is 0.263 e. The van der Waals surface area contributed by atoms with Gasteiger partial charge < -0.3 is 5.32 Å². The van der Waals surface area contributed by atoms with Crippen LogP contribution in [0.3, 0.4) is 0 Å². The van der Waals surface area contributed by atoms with Crippen LogP contribution in [0.1, 0.15) is 33.6 Å². The number of carbonyl (C=O) groups is 3. The van der Waals surface area contributed by atoms with E-state index in [4.69, 9.17) is 46.4 Å². The molecule has 10 heteroatoms. The Labute approximate surface area is 209 Å². The highest BCUT2D eigenvalue weighted by atomic mass is 35.5. The smallest absolute Gasteiger partial charge is 0.263 e. The van der Waals surface area contributed by atoms with Crippen LogP contribution in [0.4, 0.5) is 5.82 Å². The number of benzene rings is 2. The van der Waals surface area contributed by atoms with Crippen LogP contribution in [0.15, 0.2) is 48.7 Å². The van der Waals surface area contributed by atoms with Crippen molar-refractivity contribution in [2.45, 2.75) is 12.8 Å². The Morgan fingerprint density at radius 1 is 0.818 bits per heavy atom. The topological polar surface area (TPSA) is 79.4 Å². The molecule has 1 aromatic heterocycles. The molecule has 0 saturated carbocycles. The van der Waals surface area contributed by atoms with E-state index >= 15 is 0 Å². The molecule has 168 valence electrons. The maximum atomic E-state index is 12.7. The maximum absolute atomic E-state index is 12.7. The van der Waals surface area contributed by atoms with Gasteiger partial charge in [-0.2, -0.15) is 0 Å². The molecule has 33 heavy (non-hydrogen) atoms. The molecule has 3 amide bonds. The van der Waals surface area contributed by atoms with Crippen molar-refractivity contribution in [1.82, 2.24) is 9.88 Å². The van der Waals surface area contributed by atoms with Gasteiger partial charge in [0.25, 0.3) is 11.8 Å². The molecule has 0 bridgehead atoms. The fourth-order valence-corrected chi connectivity index (χ4v) is 4.49. The molecule has 0 aliphatic carbocycles. The van der Waals surface area contributed by atoms with Crippen molar-refractivity contribution >= 4 is 69.9 Å². The van der Waals surface area contributed by atoms with Crippen LogP contribution in [0.25, 0.3) is 11.1 Å². The Morgan fingerprint density at radius 2 is 1.42 bits per heavy atom. The number of nitrogens with one attached hydrogen (secondary N) is 1. The van der Waals surface area contributed by atoms with Gasteiger partial charge in [-0.15, -0.1) is 0 Å². The molecular weight excluding hydrogens is 508 g/mol. The molecule has 3 aromatic rings. The minimum Gasteiger partial charge on any atom is -0.311 e. The van der Waals surface area contributed by atoms with Gasteiger partial charge in [-0.25, -0.2) is 4.98 Å². The fourth-order valence-electron chi connectivity index (χ4n) is 3.47. The monoisotopic (exact) mass is 521 g/mol. The molecule has 6 nitrogen and oxygen atoms in total. The van der Waals surface area contributed by atoms with Crippen LogP contribution >= 0.6 is 46.4 Å². The second kappa shape index (κ2) is 9.69. The van der Waals surface area contributed by atoms with Gasteiger partial charge in [0.1, 0.15) is 5.82 Å². The zero-order valence-corrected chi connectivity index (χ0v) is 19.9. The van der Waals surface area contributed by atoms with Crippen molar-refractivity contribution in [2.75, 3.05) is 11.9 Å². The standard InChI is InChI=1S/C23H15Cl4N3O3/c24-18-16-17(19(25)21(27)20(18)26)23(33)30(22(16)32)10-4-7-15(31)29-14-9-8-13(11-28-14)12-5-2-1-3-6-12/h1-3,5-6,8-9,11H,4,7,10H2,(H,28,29,31). The number of hydrogen-bond donors (Lipinski definition) is 1. The number of nitrogens with zero attached hydrogens (tertiary/aromatic N) is 2. The number of rotatable bonds is 6. The molecule has 2 heterocycles. The average molecular weight is 523 g/mol. The highest BCUT2D eigenvalue weighted by Crippen LogP contribution is 2.44. The number of pyridine rings is 1. The summed E-state index contributed by atoms with van der Waals surface area (Å²) in [6.07, 6.45) is 1.97. The number of aromatic nitrogens is 1. The zero-order valence-electron chi connectivity index (χ0n) is 16.9. The van der Waals surface area contributed by atoms with Gasteiger partial charge in [-0.1, -0.05) is 76.7 Å². The van der Waals surface area contributed by atoms with Crippen LogP contribution in [0.2, 0.25) is 20.1 Å². The Kier molecular flexibility index (Phi) is 6.91. The summed E-state index contributed by atoms with van der Waals surface area (Å²) in [4.78, 5) is 43.0. The number of amides is 3. The largest absolute Gasteiger partial charge is 0.311 e. The quantitative estimate of drug-likeness (QED) is 0.231. The molecule has 0 saturated heterocycles. The number of imide groups is 1. The number of anilines is 1. The third-order valence-corrected chi connectivity index (χ3v) is 6.91. The van der Waals surface area contributed by atoms with Crippen LogP contribution in [-0.4, -0.2) is 34.2 Å². The van der Waals surface area contributed by atoms with Crippen molar-refractivity contribution in [1.29, 1.82) is 0 Å². The summed E-state index contributed by atoms with van der Waals surface area (Å²) in [5.74, 6) is -1.14. The normalized spacial score (nSPS) is 12.8. The second-order valence-corrected chi connectivity index (χ2v) is 8.73. The first kappa shape index (κ1) is 23.5. The average Bonchev–Trinajstić information content (AvgIpc) is 3.07. The first-order valence-electron chi connectivity index (χ1n) is 9.83. The number of fused-ring (bicyclic) bond motifs is 1. The van der Waals surface area contributed by atoms with E-state index in [0.717, 1.165) is 16.0 Å². The molecular formula is C23H15Cl4N3O3. The van der Waals surface area contributed by atoms with E-state index in [1.165, 1.54) is 0 Å². The van der Waals surface area contributed by atoms with Crippen molar-refractivity contribution in [3.05, 3.63) is 79.9 Å². The number of hydrogen-bond acceptors (Lipinski definition) is 4. The molecule has 1 N–H and O–H groups in total. The summed E-state index contributed by atoms with van der Waals surface area (Å²) in [6, 6.07) is 13.3. The predicted octanol–water partition coefficient (Wildman–Crippen LogP) is 6.38. The Balaban J connectivity index is 1.35. The van der Waals surface area contributed by atoms with E-state index in [1.54, 1.807) is 12.3 Å². The Bertz CT molecular complexity index is 1220. The highest BCUT2D eigenvalue weighted by Gasteiger charge is 2.41. The number of halogens is 4. The first-order valence-corrected chi connectivity index (χ1v) is 11.3. The van der Waals surface area contributed by atoms with E-state index in [9.17, 15) is 14.4 Å². The highest BCUT2D eigenvalue weighted by molar-refractivity contribution is 6.55. The fraction of sp³-hybridized carbons (Fsp3) is 0.130. The lowest BCUT2D eigenvalue weighted by Gasteiger charge is -2.13. The van der Waals surface area contributed by atoms with Gasteiger partial charge in [-0.3, -0.25) is 19.3 Å². The summed E-state index contributed by atoms with van der Waals surface area (Å²) >= 11 is 24.3. The van der Waals surface area contributed by atoms with Crippen molar-refractivity contribution in [3.63, 3.8) is 0 Å². The molecule has 0 unspecified atom stereocenters. The van der Waals surface area contributed by atoms with Crippen LogP contribution in [-0.2, 0) is 4.79 Å². The van der Waals surface area contributed by atoms with Gasteiger partial charge >= 0.3 is 0 Å². The molecule has 1 aliphatic heterocycles. The van der Waals surface area contributed by atoms with E-state index in [1.807, 2.05) is 36.4 Å². The lowest BCUT2D eigenvalue weighted by molar-refractivity contribution is -0.116. The summed E-state index contributed by atoms with van der Waals surface area (Å²) in [7, 11) is 0. The van der Waals surface area contributed by atoms with Crippen LogP contribution in [0, 0.1) is 0 Å². The third kappa shape index (κ3) is 4.57. The third-order valence-electron chi connectivity index (χ3n) is 5.11. The van der Waals surface area contributed by atoms with Crippen LogP contribution < -0.4 is 5.32 Å². The van der Waals surface area contributed by atoms with Crippen molar-refractivity contribution < 1.29 is 14.4 Å². The van der Waals surface area contributed by atoms with Gasteiger partial charge in [0.05, 0.1) is 31.2 Å². The number of carbonyl (C=O) groups excluding carboxylic acids is 3. The van der Waals surface area contributed by atoms with Gasteiger partial charge in [0.2, 0.25) is 5.91 Å². The van der Waals surface area contributed by atoms with E-state index in [-0.39, 0.29) is 56.5 Å². The summed E-state index contributed by atoms with van der Waals surface area (Å²) in [6.45, 7) is 0.00202. The minimum absolute atomic E-state index is 0.00202. The van der Waals surface area contributed by atoms with Gasteiger partial charge in [-0.05, 0) is 24.1 Å². The first-order chi connectivity index (χ1) is 15.8. The molecule has 1 aliphatic rings. The second-order valence-electron chi connectivity index (χ2n) is 7.22. The molecule has 0 spiro atoms. The van der Waals surface area contributed by atoms with E-state index in [0.29, 0.717) is 5.82 Å². The molecule has 4 rings (SSSR count). The van der Waals surface area contributed by atoms with Crippen molar-refractivity contribution in [3.8, 4) is 11.1 Å². The van der Waals surface area contributed by atoms with Gasteiger partial charge in [0, 0.05) is 24.7 Å². The van der Waals surface area contributed by atoms with E-state index in [2.05, 4.69) is 10.3 Å². The lowest BCUT2D eigenvalue weighted by Crippen LogP contribution is -2.31. The Morgan fingerprint density at radius 3 is 1.97 bits per heavy atom. The molecule has 0 radical (unpaired) electrons.